The molecular weight excluding hydrogens is 312 g/mol. The summed E-state index contributed by atoms with van der Waals surface area (Å²) in [5, 5.41) is 12.4. The Kier molecular flexibility index (Phi) is 2.48. The Morgan fingerprint density at radius 3 is 2.08 bits per heavy atom. The number of benzene rings is 2. The van der Waals surface area contributed by atoms with E-state index in [4.69, 9.17) is 9.97 Å². The van der Waals surface area contributed by atoms with Crippen LogP contribution in [0.15, 0.2) is 36.4 Å². The molecule has 3 aromatic rings. The van der Waals surface area contributed by atoms with E-state index in [9.17, 15) is 9.90 Å². The number of carboxylic acids is 1. The van der Waals surface area contributed by atoms with E-state index in [0.29, 0.717) is 12.1 Å². The highest BCUT2D eigenvalue weighted by molar-refractivity contribution is 5.96. The molecule has 0 saturated heterocycles. The summed E-state index contributed by atoms with van der Waals surface area (Å²) >= 11 is 0. The molecule has 0 unspecified atom stereocenters. The van der Waals surface area contributed by atoms with Crippen molar-refractivity contribution in [3.05, 3.63) is 47.8 Å². The molecule has 126 valence electrons. The van der Waals surface area contributed by atoms with Crippen LogP contribution in [0, 0.1) is 5.41 Å². The van der Waals surface area contributed by atoms with Crippen molar-refractivity contribution >= 4 is 27.8 Å². The first-order chi connectivity index (χ1) is 11.8. The fourth-order valence-electron chi connectivity index (χ4n) is 5.26. The molecule has 0 spiro atoms. The number of hydrogen-bond acceptors (Lipinski definition) is 3. The highest BCUT2D eigenvalue weighted by Gasteiger charge is 2.73. The molecule has 2 aliphatic carbocycles. The highest BCUT2D eigenvalue weighted by atomic mass is 16.4. The van der Waals surface area contributed by atoms with Gasteiger partial charge in [-0.2, -0.15) is 0 Å². The predicted molar refractivity (Wildman–Crippen MR) is 96.7 cm³/mol. The van der Waals surface area contributed by atoms with Crippen LogP contribution in [-0.2, 0) is 15.6 Å². The summed E-state index contributed by atoms with van der Waals surface area (Å²) in [6.07, 6.45) is 1.47. The van der Waals surface area contributed by atoms with Crippen LogP contribution >= 0.6 is 0 Å². The molecule has 1 N–H and O–H groups in total. The lowest BCUT2D eigenvalue weighted by atomic mass is 9.64. The third-order valence-corrected chi connectivity index (χ3v) is 7.27. The fourth-order valence-corrected chi connectivity index (χ4v) is 5.26. The zero-order valence-corrected chi connectivity index (χ0v) is 14.6. The third kappa shape index (κ3) is 1.44. The molecule has 2 aliphatic rings. The van der Waals surface area contributed by atoms with E-state index in [1.54, 1.807) is 0 Å². The molecule has 0 radical (unpaired) electrons. The lowest BCUT2D eigenvalue weighted by molar-refractivity contribution is -0.148. The van der Waals surface area contributed by atoms with Gasteiger partial charge in [0, 0.05) is 5.41 Å². The number of aromatic nitrogens is 2. The van der Waals surface area contributed by atoms with Gasteiger partial charge in [0.05, 0.1) is 22.4 Å². The lowest BCUT2D eigenvalue weighted by Crippen LogP contribution is -2.45. The lowest BCUT2D eigenvalue weighted by Gasteiger charge is -2.37. The first-order valence-corrected chi connectivity index (χ1v) is 8.76. The number of carboxylic acid groups (broad SMARTS) is 1. The molecule has 2 aromatic carbocycles. The minimum absolute atomic E-state index is 0.256. The Bertz CT molecular complexity index is 1090. The molecule has 4 nitrogen and oxygen atoms in total. The normalized spacial score (nSPS) is 29.2. The van der Waals surface area contributed by atoms with Gasteiger partial charge in [-0.1, -0.05) is 45.0 Å². The molecule has 1 heterocycles. The second-order valence-electron chi connectivity index (χ2n) is 8.28. The second kappa shape index (κ2) is 4.18. The number of nitrogens with zero attached hydrogens (tertiary/aromatic N) is 2. The smallest absolute Gasteiger partial charge is 0.316 e. The number of rotatable bonds is 1. The van der Waals surface area contributed by atoms with Gasteiger partial charge in [-0.3, -0.25) is 4.79 Å². The fraction of sp³-hybridized carbons (Fsp3) is 0.381. The number of carbonyl (C=O) groups is 1. The average molecular weight is 332 g/mol. The molecule has 0 amide bonds. The van der Waals surface area contributed by atoms with Gasteiger partial charge >= 0.3 is 5.97 Å². The summed E-state index contributed by atoms with van der Waals surface area (Å²) in [4.78, 5) is 22.2. The van der Waals surface area contributed by atoms with Gasteiger partial charge in [0.25, 0.3) is 0 Å². The SMILES string of the molecule is CC1(C)[C@]2(C(=O)O)CC[C@]1(C)c1nc3cc4ccccc4cc3nc12. The van der Waals surface area contributed by atoms with Crippen LogP contribution in [0.5, 0.6) is 0 Å². The summed E-state index contributed by atoms with van der Waals surface area (Å²) in [7, 11) is 0. The monoisotopic (exact) mass is 332 g/mol. The van der Waals surface area contributed by atoms with Gasteiger partial charge in [-0.15, -0.1) is 0 Å². The van der Waals surface area contributed by atoms with E-state index < -0.39 is 16.8 Å². The average Bonchev–Trinajstić information content (AvgIpc) is 2.87. The molecule has 0 aliphatic heterocycles. The number of aliphatic carboxylic acids is 1. The van der Waals surface area contributed by atoms with Crippen LogP contribution in [0.4, 0.5) is 0 Å². The quantitative estimate of drug-likeness (QED) is 0.679. The van der Waals surface area contributed by atoms with Gasteiger partial charge in [0.15, 0.2) is 0 Å². The maximum absolute atomic E-state index is 12.4. The first kappa shape index (κ1) is 14.8. The van der Waals surface area contributed by atoms with Gasteiger partial charge in [0.2, 0.25) is 0 Å². The van der Waals surface area contributed by atoms with Crippen molar-refractivity contribution in [2.24, 2.45) is 5.41 Å². The highest BCUT2D eigenvalue weighted by Crippen LogP contribution is 2.70. The third-order valence-electron chi connectivity index (χ3n) is 7.27. The molecule has 4 heteroatoms. The summed E-state index contributed by atoms with van der Waals surface area (Å²) in [5.41, 5.74) is 1.59. The van der Waals surface area contributed by atoms with Crippen LogP contribution in [0.1, 0.15) is 45.0 Å². The Balaban J connectivity index is 1.91. The largest absolute Gasteiger partial charge is 0.481 e. The van der Waals surface area contributed by atoms with Crippen molar-refractivity contribution < 1.29 is 9.90 Å². The number of hydrogen-bond donors (Lipinski definition) is 1. The Morgan fingerprint density at radius 1 is 0.960 bits per heavy atom. The topological polar surface area (TPSA) is 63.1 Å². The van der Waals surface area contributed by atoms with Gasteiger partial charge < -0.3 is 5.11 Å². The summed E-state index contributed by atoms with van der Waals surface area (Å²) < 4.78 is 0. The molecule has 1 fully saturated rings. The van der Waals surface area contributed by atoms with Crippen molar-refractivity contribution in [3.8, 4) is 0 Å². The van der Waals surface area contributed by atoms with Crippen LogP contribution < -0.4 is 0 Å². The van der Waals surface area contributed by atoms with Crippen molar-refractivity contribution in [2.45, 2.75) is 44.4 Å². The van der Waals surface area contributed by atoms with Gasteiger partial charge in [0.1, 0.15) is 5.41 Å². The van der Waals surface area contributed by atoms with Crippen LogP contribution in [-0.4, -0.2) is 21.0 Å². The maximum Gasteiger partial charge on any atom is 0.316 e. The Morgan fingerprint density at radius 2 is 1.52 bits per heavy atom. The standard InChI is InChI=1S/C21H20N2O2/c1-19(2)20(3)8-9-21(19,18(24)25)17-16(20)22-14-10-12-6-4-5-7-13(12)11-15(14)23-17/h4-7,10-11H,8-9H2,1-3H3,(H,24,25)/t20-,21-/m1/s1. The molecule has 2 bridgehead atoms. The maximum atomic E-state index is 12.4. The van der Waals surface area contributed by atoms with E-state index >= 15 is 0 Å². The minimum atomic E-state index is -0.941. The van der Waals surface area contributed by atoms with E-state index in [1.165, 1.54) is 0 Å². The molecule has 25 heavy (non-hydrogen) atoms. The first-order valence-electron chi connectivity index (χ1n) is 8.76. The Labute approximate surface area is 145 Å². The van der Waals surface area contributed by atoms with E-state index in [2.05, 4.69) is 32.9 Å². The number of fused-ring (bicyclic) bond motifs is 7. The second-order valence-corrected chi connectivity index (χ2v) is 8.28. The van der Waals surface area contributed by atoms with Crippen molar-refractivity contribution in [3.63, 3.8) is 0 Å². The summed E-state index contributed by atoms with van der Waals surface area (Å²) in [6.45, 7) is 6.29. The van der Waals surface area contributed by atoms with Crippen molar-refractivity contribution in [2.75, 3.05) is 0 Å². The predicted octanol–water partition coefficient (Wildman–Crippen LogP) is 4.20. The van der Waals surface area contributed by atoms with Crippen molar-refractivity contribution in [1.29, 1.82) is 0 Å². The molecule has 2 atom stereocenters. The minimum Gasteiger partial charge on any atom is -0.481 e. The van der Waals surface area contributed by atoms with Crippen LogP contribution in [0.3, 0.4) is 0 Å². The molecular formula is C21H20N2O2. The molecule has 5 rings (SSSR count). The van der Waals surface area contributed by atoms with Crippen molar-refractivity contribution in [1.82, 2.24) is 9.97 Å². The van der Waals surface area contributed by atoms with E-state index in [-0.39, 0.29) is 5.41 Å². The van der Waals surface area contributed by atoms with Gasteiger partial charge in [-0.05, 0) is 41.2 Å². The van der Waals surface area contributed by atoms with E-state index in [1.807, 2.05) is 24.3 Å². The van der Waals surface area contributed by atoms with E-state index in [0.717, 1.165) is 33.9 Å². The zero-order chi connectivity index (χ0) is 17.6. The molecule has 1 aromatic heterocycles. The van der Waals surface area contributed by atoms with Crippen LogP contribution in [0.2, 0.25) is 0 Å². The molecule has 1 saturated carbocycles. The summed E-state index contributed by atoms with van der Waals surface area (Å²) in [6, 6.07) is 12.2. The Hall–Kier alpha value is -2.49. The van der Waals surface area contributed by atoms with Crippen LogP contribution in [0.25, 0.3) is 21.8 Å². The zero-order valence-electron chi connectivity index (χ0n) is 14.6. The van der Waals surface area contributed by atoms with Gasteiger partial charge in [-0.25, -0.2) is 9.97 Å². The summed E-state index contributed by atoms with van der Waals surface area (Å²) in [5.74, 6) is -0.769.